The smallest absolute Gasteiger partial charge is 0.326 e. The van der Waals surface area contributed by atoms with Crippen LogP contribution in [0.4, 0.5) is 0 Å². The third kappa shape index (κ3) is 11.3. The number of guanidine groups is 1. The molecule has 5 amide bonds. The van der Waals surface area contributed by atoms with Crippen molar-refractivity contribution in [2.24, 2.45) is 33.7 Å². The number of aliphatic carboxylic acids is 1. The van der Waals surface area contributed by atoms with Gasteiger partial charge in [-0.3, -0.25) is 29.0 Å². The van der Waals surface area contributed by atoms with Gasteiger partial charge < -0.3 is 54.7 Å². The number of rotatable bonds is 18. The van der Waals surface area contributed by atoms with E-state index in [0.717, 1.165) is 10.9 Å². The SMILES string of the molecule is NC(=O)CCC(NC(=O)C(CCCN=C(N)N)NC(=O)C(N)CC(N)=O)C(=O)NC(Cc1c[nH]c2ccccc12)C(=O)O. The van der Waals surface area contributed by atoms with Crippen LogP contribution in [0.1, 0.15) is 37.7 Å². The highest BCUT2D eigenvalue weighted by Crippen LogP contribution is 2.19. The molecule has 2 aromatic rings. The Morgan fingerprint density at radius 2 is 1.44 bits per heavy atom. The Labute approximate surface area is 246 Å². The minimum atomic E-state index is -1.40. The highest BCUT2D eigenvalue weighted by molar-refractivity contribution is 5.95. The molecule has 17 nitrogen and oxygen atoms in total. The molecule has 0 saturated carbocycles. The number of benzene rings is 1. The predicted octanol–water partition coefficient (Wildman–Crippen LogP) is -3.23. The minimum Gasteiger partial charge on any atom is -0.480 e. The first-order valence-corrected chi connectivity index (χ1v) is 13.3. The fourth-order valence-electron chi connectivity index (χ4n) is 4.18. The van der Waals surface area contributed by atoms with Crippen LogP contribution in [0.2, 0.25) is 0 Å². The van der Waals surface area contributed by atoms with E-state index in [1.165, 1.54) is 0 Å². The molecule has 0 aliphatic carbocycles. The summed E-state index contributed by atoms with van der Waals surface area (Å²) >= 11 is 0. The summed E-state index contributed by atoms with van der Waals surface area (Å²) in [4.78, 5) is 80.6. The van der Waals surface area contributed by atoms with Crippen LogP contribution in [0.5, 0.6) is 0 Å². The van der Waals surface area contributed by atoms with Crippen LogP contribution >= 0.6 is 0 Å². The number of aromatic nitrogens is 1. The average molecular weight is 603 g/mol. The van der Waals surface area contributed by atoms with Gasteiger partial charge >= 0.3 is 5.97 Å². The maximum atomic E-state index is 13.3. The number of para-hydroxylation sites is 1. The Morgan fingerprint density at radius 3 is 2.05 bits per heavy atom. The van der Waals surface area contributed by atoms with E-state index in [-0.39, 0.29) is 44.6 Å². The Bertz CT molecular complexity index is 1350. The highest BCUT2D eigenvalue weighted by Gasteiger charge is 2.31. The van der Waals surface area contributed by atoms with Crippen LogP contribution in [0.15, 0.2) is 35.5 Å². The van der Waals surface area contributed by atoms with Crippen LogP contribution in [0, 0.1) is 0 Å². The summed E-state index contributed by atoms with van der Waals surface area (Å²) in [6, 6.07) is 1.81. The van der Waals surface area contributed by atoms with Gasteiger partial charge in [0.1, 0.15) is 18.1 Å². The van der Waals surface area contributed by atoms with E-state index in [0.29, 0.717) is 5.56 Å². The van der Waals surface area contributed by atoms with Gasteiger partial charge in [-0.15, -0.1) is 0 Å². The number of aromatic amines is 1. The van der Waals surface area contributed by atoms with Gasteiger partial charge in [0.25, 0.3) is 0 Å². The molecule has 0 aliphatic rings. The van der Waals surface area contributed by atoms with E-state index in [1.807, 2.05) is 12.1 Å². The maximum absolute atomic E-state index is 13.3. The summed E-state index contributed by atoms with van der Waals surface area (Å²) in [7, 11) is 0. The number of carboxylic acids is 1. The molecule has 4 atom stereocenters. The minimum absolute atomic E-state index is 0.0138. The highest BCUT2D eigenvalue weighted by atomic mass is 16.4. The zero-order chi connectivity index (χ0) is 32.1. The summed E-state index contributed by atoms with van der Waals surface area (Å²) in [5.74, 6) is -5.71. The lowest BCUT2D eigenvalue weighted by molar-refractivity contribution is -0.142. The van der Waals surface area contributed by atoms with Gasteiger partial charge in [-0.2, -0.15) is 0 Å². The molecular weight excluding hydrogens is 564 g/mol. The summed E-state index contributed by atoms with van der Waals surface area (Å²) in [6.45, 7) is 0.106. The fraction of sp³-hybridized carbons (Fsp3) is 0.423. The number of amides is 5. The number of hydrogen-bond acceptors (Lipinski definition) is 8. The second kappa shape index (κ2) is 16.3. The molecule has 1 heterocycles. The predicted molar refractivity (Wildman–Crippen MR) is 156 cm³/mol. The molecule has 0 bridgehead atoms. The normalized spacial score (nSPS) is 13.6. The zero-order valence-corrected chi connectivity index (χ0v) is 23.4. The van der Waals surface area contributed by atoms with Gasteiger partial charge in [0.15, 0.2) is 5.96 Å². The molecule has 1 aromatic carbocycles. The number of carbonyl (C=O) groups is 6. The monoisotopic (exact) mass is 602 g/mol. The largest absolute Gasteiger partial charge is 0.480 e. The van der Waals surface area contributed by atoms with Crippen molar-refractivity contribution < 1.29 is 33.9 Å². The summed E-state index contributed by atoms with van der Waals surface area (Å²) in [5.41, 5.74) is 28.1. The van der Waals surface area contributed by atoms with E-state index < -0.39 is 66.1 Å². The summed E-state index contributed by atoms with van der Waals surface area (Å²) < 4.78 is 0. The zero-order valence-electron chi connectivity index (χ0n) is 23.4. The van der Waals surface area contributed by atoms with Crippen LogP contribution in [0.3, 0.4) is 0 Å². The van der Waals surface area contributed by atoms with Crippen molar-refractivity contribution in [1.29, 1.82) is 0 Å². The van der Waals surface area contributed by atoms with Crippen molar-refractivity contribution in [2.75, 3.05) is 6.54 Å². The molecule has 1 aromatic heterocycles. The Morgan fingerprint density at radius 1 is 0.837 bits per heavy atom. The molecule has 0 fully saturated rings. The number of primary amides is 2. The second-order valence-corrected chi connectivity index (χ2v) is 9.82. The molecule has 43 heavy (non-hydrogen) atoms. The van der Waals surface area contributed by atoms with Gasteiger partial charge in [0.05, 0.1) is 12.5 Å². The Hall–Kier alpha value is -5.19. The van der Waals surface area contributed by atoms with Crippen molar-refractivity contribution in [3.8, 4) is 0 Å². The standard InChI is InChI=1S/C26H38N10O7/c27-15(11-21(29)38)22(39)34-17(6-3-9-32-26(30)31)23(40)35-18(7-8-20(28)37)24(41)36-19(25(42)43)10-13-12-33-16-5-2-1-4-14(13)16/h1-2,4-5,12,15,17-19,33H,3,6-11,27H2,(H2,28,37)(H2,29,38)(H,34,39)(H,35,40)(H,36,41)(H,42,43)(H4,30,31,32). The van der Waals surface area contributed by atoms with E-state index >= 15 is 0 Å². The number of carboxylic acid groups (broad SMARTS) is 1. The quantitative estimate of drug-likeness (QED) is 0.0462. The van der Waals surface area contributed by atoms with Crippen LogP contribution in [0.25, 0.3) is 10.9 Å². The first kappa shape index (κ1) is 34.0. The number of hydrogen-bond donors (Lipinski definition) is 10. The Balaban J connectivity index is 2.22. The van der Waals surface area contributed by atoms with Crippen LogP contribution in [-0.2, 0) is 35.2 Å². The number of H-pyrrole nitrogens is 1. The van der Waals surface area contributed by atoms with E-state index in [9.17, 15) is 33.9 Å². The van der Waals surface area contributed by atoms with Crippen molar-refractivity contribution in [1.82, 2.24) is 20.9 Å². The van der Waals surface area contributed by atoms with E-state index in [1.54, 1.807) is 18.3 Å². The van der Waals surface area contributed by atoms with Crippen LogP contribution in [-0.4, -0.2) is 82.3 Å². The van der Waals surface area contributed by atoms with E-state index in [4.69, 9.17) is 28.7 Å². The lowest BCUT2D eigenvalue weighted by atomic mass is 10.0. The molecule has 234 valence electrons. The summed E-state index contributed by atoms with van der Waals surface area (Å²) in [5, 5.41) is 17.9. The first-order chi connectivity index (χ1) is 20.3. The van der Waals surface area contributed by atoms with Gasteiger partial charge in [0.2, 0.25) is 29.5 Å². The molecule has 0 radical (unpaired) electrons. The van der Waals surface area contributed by atoms with Crippen molar-refractivity contribution in [2.45, 2.75) is 62.7 Å². The number of fused-ring (bicyclic) bond motifs is 1. The second-order valence-electron chi connectivity index (χ2n) is 9.82. The molecular formula is C26H38N10O7. The average Bonchev–Trinajstić information content (AvgIpc) is 3.33. The lowest BCUT2D eigenvalue weighted by Gasteiger charge is -2.25. The van der Waals surface area contributed by atoms with Gasteiger partial charge in [0, 0.05) is 36.5 Å². The molecule has 2 rings (SSSR count). The number of nitrogens with one attached hydrogen (secondary N) is 4. The molecule has 4 unspecified atom stereocenters. The van der Waals surface area contributed by atoms with Gasteiger partial charge in [-0.05, 0) is 30.9 Å². The van der Waals surface area contributed by atoms with Crippen LogP contribution < -0.4 is 44.6 Å². The molecule has 15 N–H and O–H groups in total. The fourth-order valence-corrected chi connectivity index (χ4v) is 4.18. The topological polar surface area (TPSA) is 317 Å². The number of carbonyl (C=O) groups excluding carboxylic acids is 5. The molecule has 17 heteroatoms. The molecule has 0 aliphatic heterocycles. The third-order valence-corrected chi connectivity index (χ3v) is 6.36. The van der Waals surface area contributed by atoms with Gasteiger partial charge in [-0.25, -0.2) is 4.79 Å². The third-order valence-electron chi connectivity index (χ3n) is 6.36. The lowest BCUT2D eigenvalue weighted by Crippen LogP contribution is -2.57. The van der Waals surface area contributed by atoms with Gasteiger partial charge in [-0.1, -0.05) is 18.2 Å². The number of aliphatic imine (C=N–C) groups is 1. The van der Waals surface area contributed by atoms with Crippen molar-refractivity contribution in [3.05, 3.63) is 36.0 Å². The first-order valence-electron chi connectivity index (χ1n) is 13.3. The molecule has 0 saturated heterocycles. The number of nitrogens with zero attached hydrogens (tertiary/aromatic N) is 1. The van der Waals surface area contributed by atoms with Crippen molar-refractivity contribution >= 4 is 52.4 Å². The van der Waals surface area contributed by atoms with E-state index in [2.05, 4.69) is 25.9 Å². The Kier molecular flexibility index (Phi) is 12.9. The number of nitrogens with two attached hydrogens (primary N) is 5. The summed E-state index contributed by atoms with van der Waals surface area (Å²) in [6.07, 6.45) is 0.697. The maximum Gasteiger partial charge on any atom is 0.326 e. The molecule has 0 spiro atoms. The van der Waals surface area contributed by atoms with Crippen molar-refractivity contribution in [3.63, 3.8) is 0 Å².